The van der Waals surface area contributed by atoms with E-state index < -0.39 is 11.3 Å². The maximum Gasteiger partial charge on any atom is 0.256 e. The van der Waals surface area contributed by atoms with Crippen LogP contribution in [0.5, 0.6) is 0 Å². The van der Waals surface area contributed by atoms with E-state index in [2.05, 4.69) is 15.6 Å². The van der Waals surface area contributed by atoms with Crippen LogP contribution in [0.4, 0.5) is 11.5 Å². The minimum absolute atomic E-state index is 0.263. The van der Waals surface area contributed by atoms with Crippen LogP contribution in [0.1, 0.15) is 24.2 Å². The zero-order valence-electron chi connectivity index (χ0n) is 12.8. The SMILES string of the molecule is CC(C)(C#N)C(=O)Nc1ccc(NC(=O)c2ccccc2)nc1. The minimum atomic E-state index is -1.12. The topological polar surface area (TPSA) is 94.9 Å². The summed E-state index contributed by atoms with van der Waals surface area (Å²) in [5, 5.41) is 14.2. The Kier molecular flexibility index (Phi) is 4.72. The summed E-state index contributed by atoms with van der Waals surface area (Å²) < 4.78 is 0. The molecule has 0 radical (unpaired) electrons. The Bertz CT molecular complexity index is 746. The lowest BCUT2D eigenvalue weighted by Gasteiger charge is -2.14. The molecule has 1 heterocycles. The van der Waals surface area contributed by atoms with Crippen LogP contribution >= 0.6 is 0 Å². The Morgan fingerprint density at radius 3 is 2.35 bits per heavy atom. The van der Waals surface area contributed by atoms with Gasteiger partial charge in [-0.15, -0.1) is 0 Å². The molecule has 0 saturated heterocycles. The Morgan fingerprint density at radius 2 is 1.78 bits per heavy atom. The number of carbonyl (C=O) groups excluding carboxylic acids is 2. The molecule has 0 aliphatic carbocycles. The van der Waals surface area contributed by atoms with Crippen molar-refractivity contribution in [2.75, 3.05) is 10.6 Å². The second-order valence-corrected chi connectivity index (χ2v) is 5.44. The van der Waals surface area contributed by atoms with E-state index in [-0.39, 0.29) is 5.91 Å². The van der Waals surface area contributed by atoms with Crippen molar-refractivity contribution in [2.45, 2.75) is 13.8 Å². The number of anilines is 2. The Labute approximate surface area is 134 Å². The molecule has 0 fully saturated rings. The van der Waals surface area contributed by atoms with Gasteiger partial charge in [0.2, 0.25) is 5.91 Å². The highest BCUT2D eigenvalue weighted by atomic mass is 16.2. The molecule has 0 aliphatic heterocycles. The van der Waals surface area contributed by atoms with Gasteiger partial charge in [-0.2, -0.15) is 5.26 Å². The third kappa shape index (κ3) is 4.14. The molecular weight excluding hydrogens is 292 g/mol. The second-order valence-electron chi connectivity index (χ2n) is 5.44. The maximum atomic E-state index is 12.0. The lowest BCUT2D eigenvalue weighted by atomic mass is 9.95. The van der Waals surface area contributed by atoms with Crippen molar-refractivity contribution in [2.24, 2.45) is 5.41 Å². The fraction of sp³-hybridized carbons (Fsp3) is 0.176. The van der Waals surface area contributed by atoms with E-state index in [1.807, 2.05) is 12.1 Å². The fourth-order valence-electron chi connectivity index (χ4n) is 1.66. The summed E-state index contributed by atoms with van der Waals surface area (Å²) >= 11 is 0. The van der Waals surface area contributed by atoms with Crippen molar-refractivity contribution in [3.63, 3.8) is 0 Å². The van der Waals surface area contributed by atoms with Crippen LogP contribution in [-0.2, 0) is 4.79 Å². The number of hydrogen-bond acceptors (Lipinski definition) is 4. The van der Waals surface area contributed by atoms with Crippen LogP contribution in [0.15, 0.2) is 48.7 Å². The number of rotatable bonds is 4. The Balaban J connectivity index is 2.02. The van der Waals surface area contributed by atoms with Crippen LogP contribution in [-0.4, -0.2) is 16.8 Å². The first-order chi connectivity index (χ1) is 10.9. The van der Waals surface area contributed by atoms with Crippen LogP contribution in [0.2, 0.25) is 0 Å². The zero-order chi connectivity index (χ0) is 16.9. The van der Waals surface area contributed by atoms with Gasteiger partial charge in [0, 0.05) is 5.56 Å². The molecule has 2 rings (SSSR count). The molecule has 0 unspecified atom stereocenters. The molecule has 116 valence electrons. The van der Waals surface area contributed by atoms with Gasteiger partial charge in [-0.05, 0) is 38.1 Å². The van der Waals surface area contributed by atoms with E-state index in [1.54, 1.807) is 36.4 Å². The van der Waals surface area contributed by atoms with E-state index in [0.717, 1.165) is 0 Å². The molecule has 0 aliphatic rings. The van der Waals surface area contributed by atoms with Crippen LogP contribution < -0.4 is 10.6 Å². The van der Waals surface area contributed by atoms with Gasteiger partial charge in [-0.3, -0.25) is 9.59 Å². The van der Waals surface area contributed by atoms with E-state index in [4.69, 9.17) is 5.26 Å². The van der Waals surface area contributed by atoms with Gasteiger partial charge < -0.3 is 10.6 Å². The summed E-state index contributed by atoms with van der Waals surface area (Å²) in [7, 11) is 0. The molecule has 6 nitrogen and oxygen atoms in total. The Morgan fingerprint density at radius 1 is 1.09 bits per heavy atom. The predicted molar refractivity (Wildman–Crippen MR) is 86.7 cm³/mol. The summed E-state index contributed by atoms with van der Waals surface area (Å²) in [5.74, 6) is -0.306. The van der Waals surface area contributed by atoms with Gasteiger partial charge in [0.15, 0.2) is 0 Å². The Hall–Kier alpha value is -3.20. The molecule has 1 aromatic carbocycles. The number of hydrogen-bond donors (Lipinski definition) is 2. The molecular formula is C17H16N4O2. The number of carbonyl (C=O) groups is 2. The highest BCUT2D eigenvalue weighted by molar-refractivity contribution is 6.03. The molecule has 6 heteroatoms. The van der Waals surface area contributed by atoms with Gasteiger partial charge >= 0.3 is 0 Å². The van der Waals surface area contributed by atoms with E-state index in [1.165, 1.54) is 20.0 Å². The first-order valence-electron chi connectivity index (χ1n) is 6.97. The van der Waals surface area contributed by atoms with E-state index in [9.17, 15) is 9.59 Å². The number of amides is 2. The zero-order valence-corrected chi connectivity index (χ0v) is 12.8. The van der Waals surface area contributed by atoms with Gasteiger partial charge in [0.05, 0.1) is 18.0 Å². The monoisotopic (exact) mass is 308 g/mol. The average Bonchev–Trinajstić information content (AvgIpc) is 2.57. The van der Waals surface area contributed by atoms with Gasteiger partial charge in [-0.1, -0.05) is 18.2 Å². The summed E-state index contributed by atoms with van der Waals surface area (Å²) in [5.41, 5.74) is -0.140. The second kappa shape index (κ2) is 6.71. The quantitative estimate of drug-likeness (QED) is 0.908. The van der Waals surface area contributed by atoms with Crippen molar-refractivity contribution in [1.29, 1.82) is 5.26 Å². The molecule has 2 aromatic rings. The normalized spacial score (nSPS) is 10.5. The van der Waals surface area contributed by atoms with E-state index >= 15 is 0 Å². The first-order valence-corrected chi connectivity index (χ1v) is 6.97. The number of nitrogens with zero attached hydrogens (tertiary/aromatic N) is 2. The molecule has 0 saturated carbocycles. The highest BCUT2D eigenvalue weighted by Crippen LogP contribution is 2.18. The van der Waals surface area contributed by atoms with Crippen molar-refractivity contribution in [3.8, 4) is 6.07 Å². The van der Waals surface area contributed by atoms with Crippen molar-refractivity contribution < 1.29 is 9.59 Å². The molecule has 1 aromatic heterocycles. The summed E-state index contributed by atoms with van der Waals surface area (Å²) in [6.07, 6.45) is 1.42. The third-order valence-corrected chi connectivity index (χ3v) is 3.15. The first kappa shape index (κ1) is 16.2. The summed E-state index contributed by atoms with van der Waals surface area (Å²) in [4.78, 5) is 27.9. The molecule has 0 atom stereocenters. The van der Waals surface area contributed by atoms with Gasteiger partial charge in [0.25, 0.3) is 5.91 Å². The predicted octanol–water partition coefficient (Wildman–Crippen LogP) is 2.82. The number of nitrogens with one attached hydrogen (secondary N) is 2. The minimum Gasteiger partial charge on any atom is -0.323 e. The third-order valence-electron chi connectivity index (χ3n) is 3.15. The largest absolute Gasteiger partial charge is 0.323 e. The lowest BCUT2D eigenvalue weighted by molar-refractivity contribution is -0.121. The fourth-order valence-corrected chi connectivity index (χ4v) is 1.66. The number of nitriles is 1. The number of aromatic nitrogens is 1. The van der Waals surface area contributed by atoms with Crippen molar-refractivity contribution >= 4 is 23.3 Å². The average molecular weight is 308 g/mol. The summed E-state index contributed by atoms with van der Waals surface area (Å²) in [6, 6.07) is 13.9. The molecule has 2 N–H and O–H groups in total. The van der Waals surface area contributed by atoms with E-state index in [0.29, 0.717) is 17.1 Å². The molecule has 23 heavy (non-hydrogen) atoms. The van der Waals surface area contributed by atoms with Crippen molar-refractivity contribution in [3.05, 3.63) is 54.2 Å². The number of benzene rings is 1. The maximum absolute atomic E-state index is 12.0. The molecule has 0 spiro atoms. The highest BCUT2D eigenvalue weighted by Gasteiger charge is 2.27. The summed E-state index contributed by atoms with van der Waals surface area (Å²) in [6.45, 7) is 3.06. The van der Waals surface area contributed by atoms with Crippen molar-refractivity contribution in [1.82, 2.24) is 4.98 Å². The van der Waals surface area contributed by atoms with Gasteiger partial charge in [0.1, 0.15) is 11.2 Å². The smallest absolute Gasteiger partial charge is 0.256 e. The van der Waals surface area contributed by atoms with Gasteiger partial charge in [-0.25, -0.2) is 4.98 Å². The van der Waals surface area contributed by atoms with Crippen LogP contribution in [0.3, 0.4) is 0 Å². The standard InChI is InChI=1S/C17H16N4O2/c1-17(2,11-18)16(23)20-13-8-9-14(19-10-13)21-15(22)12-6-4-3-5-7-12/h3-10H,1-2H3,(H,20,23)(H,19,21,22). The molecule has 2 amide bonds. The molecule has 0 bridgehead atoms. The van der Waals surface area contributed by atoms with Crippen LogP contribution in [0, 0.1) is 16.7 Å². The lowest BCUT2D eigenvalue weighted by Crippen LogP contribution is -2.29. The van der Waals surface area contributed by atoms with Crippen LogP contribution in [0.25, 0.3) is 0 Å². The number of pyridine rings is 1.